The van der Waals surface area contributed by atoms with Gasteiger partial charge in [-0.1, -0.05) is 36.4 Å². The normalized spacial score (nSPS) is 22.2. The molecule has 2 unspecified atom stereocenters. The van der Waals surface area contributed by atoms with Crippen LogP contribution in [0.15, 0.2) is 59.5 Å². The van der Waals surface area contributed by atoms with Crippen molar-refractivity contribution in [3.63, 3.8) is 0 Å². The van der Waals surface area contributed by atoms with Gasteiger partial charge in [0.05, 0.1) is 16.4 Å². The van der Waals surface area contributed by atoms with Crippen molar-refractivity contribution in [2.45, 2.75) is 30.3 Å². The van der Waals surface area contributed by atoms with Crippen LogP contribution in [-0.2, 0) is 19.9 Å². The highest BCUT2D eigenvalue weighted by atomic mass is 32.2. The summed E-state index contributed by atoms with van der Waals surface area (Å²) in [4.78, 5) is 16.9. The smallest absolute Gasteiger partial charge is 0.253 e. The van der Waals surface area contributed by atoms with E-state index in [1.807, 2.05) is 30.3 Å². The number of sulfone groups is 1. The average molecular weight is 492 g/mol. The van der Waals surface area contributed by atoms with Crippen LogP contribution in [0.4, 0.5) is 0 Å². The van der Waals surface area contributed by atoms with Gasteiger partial charge in [0, 0.05) is 43.8 Å². The Morgan fingerprint density at radius 1 is 1.03 bits per heavy atom. The topological polar surface area (TPSA) is 104 Å². The van der Waals surface area contributed by atoms with Gasteiger partial charge in [0.15, 0.2) is 9.84 Å². The molecule has 0 spiro atoms. The molecule has 1 N–H and O–H groups in total. The first kappa shape index (κ1) is 23.9. The van der Waals surface area contributed by atoms with Crippen molar-refractivity contribution in [3.05, 3.63) is 65.7 Å². The zero-order valence-electron chi connectivity index (χ0n) is 18.6. The molecule has 0 radical (unpaired) electrons. The van der Waals surface area contributed by atoms with E-state index < -0.39 is 25.9 Å². The third-order valence-corrected chi connectivity index (χ3v) is 9.64. The molecular weight excluding hydrogens is 462 g/mol. The van der Waals surface area contributed by atoms with Gasteiger partial charge in [-0.25, -0.2) is 21.6 Å². The number of rotatable bonds is 6. The number of piperazine rings is 1. The number of hydrogen-bond acceptors (Lipinski definition) is 6. The van der Waals surface area contributed by atoms with E-state index in [2.05, 4.69) is 9.62 Å². The Morgan fingerprint density at radius 3 is 2.36 bits per heavy atom. The summed E-state index contributed by atoms with van der Waals surface area (Å²) in [5, 5.41) is 0. The summed E-state index contributed by atoms with van der Waals surface area (Å²) in [7, 11) is -6.76. The molecule has 178 valence electrons. The van der Waals surface area contributed by atoms with Crippen molar-refractivity contribution in [1.82, 2.24) is 14.5 Å². The Balaban J connectivity index is 1.41. The lowest BCUT2D eigenvalue weighted by molar-refractivity contribution is 0.0587. The fourth-order valence-corrected chi connectivity index (χ4v) is 7.48. The minimum absolute atomic E-state index is 0.0263. The molecule has 2 aliphatic heterocycles. The number of amides is 1. The van der Waals surface area contributed by atoms with E-state index in [0.717, 1.165) is 5.56 Å². The average Bonchev–Trinajstić information content (AvgIpc) is 3.18. The lowest BCUT2D eigenvalue weighted by Crippen LogP contribution is -2.52. The first-order valence-corrected chi connectivity index (χ1v) is 14.4. The van der Waals surface area contributed by atoms with E-state index in [1.165, 1.54) is 12.1 Å². The maximum absolute atomic E-state index is 13.0. The molecule has 0 aromatic heterocycles. The molecule has 8 nitrogen and oxygen atoms in total. The summed E-state index contributed by atoms with van der Waals surface area (Å²) in [6.45, 7) is 3.96. The molecular formula is C23H29N3O5S2. The van der Waals surface area contributed by atoms with Gasteiger partial charge < -0.3 is 4.90 Å². The van der Waals surface area contributed by atoms with Gasteiger partial charge in [0.1, 0.15) is 0 Å². The maximum Gasteiger partial charge on any atom is 0.253 e. The summed E-state index contributed by atoms with van der Waals surface area (Å²) in [5.74, 6) is 0.200. The molecule has 0 aliphatic carbocycles. The zero-order chi connectivity index (χ0) is 23.6. The summed E-state index contributed by atoms with van der Waals surface area (Å²) < 4.78 is 52.0. The maximum atomic E-state index is 13.0. The van der Waals surface area contributed by atoms with E-state index >= 15 is 0 Å². The minimum atomic E-state index is -3.81. The third-order valence-electron chi connectivity index (χ3n) is 6.35. The van der Waals surface area contributed by atoms with Crippen molar-refractivity contribution in [2.24, 2.45) is 0 Å². The molecule has 2 heterocycles. The van der Waals surface area contributed by atoms with Crippen molar-refractivity contribution >= 4 is 25.8 Å². The van der Waals surface area contributed by atoms with E-state index in [-0.39, 0.29) is 28.4 Å². The molecule has 4 rings (SSSR count). The summed E-state index contributed by atoms with van der Waals surface area (Å²) in [6.07, 6.45) is 0.643. The summed E-state index contributed by atoms with van der Waals surface area (Å²) in [5.41, 5.74) is 1.17. The van der Waals surface area contributed by atoms with Crippen LogP contribution in [-0.4, -0.2) is 76.3 Å². The predicted molar refractivity (Wildman–Crippen MR) is 126 cm³/mol. The van der Waals surface area contributed by atoms with E-state index in [9.17, 15) is 21.6 Å². The van der Waals surface area contributed by atoms with Gasteiger partial charge in [-0.15, -0.1) is 0 Å². The van der Waals surface area contributed by atoms with Crippen LogP contribution in [0.3, 0.4) is 0 Å². The molecule has 2 aromatic rings. The van der Waals surface area contributed by atoms with E-state index in [0.29, 0.717) is 38.2 Å². The monoisotopic (exact) mass is 491 g/mol. The number of carbonyl (C=O) groups is 1. The van der Waals surface area contributed by atoms with Crippen LogP contribution in [0.2, 0.25) is 0 Å². The molecule has 2 atom stereocenters. The van der Waals surface area contributed by atoms with Crippen molar-refractivity contribution in [2.75, 3.05) is 37.7 Å². The molecule has 10 heteroatoms. The van der Waals surface area contributed by atoms with Crippen LogP contribution in [0.5, 0.6) is 0 Å². The lowest BCUT2D eigenvalue weighted by atomic mass is 10.1. The summed E-state index contributed by atoms with van der Waals surface area (Å²) >= 11 is 0. The standard InChI is InChI=1S/C23H29N3O5S2/c1-18(19-6-3-2-4-7-19)24-33(30,31)22-9-5-8-20(16-22)23(27)26-13-11-25(12-14-26)21-10-15-32(28,29)17-21/h2-9,16,18,21,24H,10-15,17H2,1H3. The van der Waals surface area contributed by atoms with Crippen molar-refractivity contribution < 1.29 is 21.6 Å². The van der Waals surface area contributed by atoms with Gasteiger partial charge >= 0.3 is 0 Å². The Kier molecular flexibility index (Phi) is 6.90. The fourth-order valence-electron chi connectivity index (χ4n) is 4.44. The molecule has 1 amide bonds. The van der Waals surface area contributed by atoms with Gasteiger partial charge in [-0.05, 0) is 37.1 Å². The zero-order valence-corrected chi connectivity index (χ0v) is 20.2. The fraction of sp³-hybridized carbons (Fsp3) is 0.435. The first-order chi connectivity index (χ1) is 15.6. The Bertz CT molecular complexity index is 1210. The molecule has 2 fully saturated rings. The second-order valence-corrected chi connectivity index (χ2v) is 12.6. The Hall–Kier alpha value is -2.27. The second-order valence-electron chi connectivity index (χ2n) is 8.67. The largest absolute Gasteiger partial charge is 0.336 e. The highest BCUT2D eigenvalue weighted by molar-refractivity contribution is 7.91. The van der Waals surface area contributed by atoms with Gasteiger partial charge in [0.25, 0.3) is 5.91 Å². The van der Waals surface area contributed by atoms with Gasteiger partial charge in [-0.2, -0.15) is 0 Å². The highest BCUT2D eigenvalue weighted by Gasteiger charge is 2.34. The van der Waals surface area contributed by atoms with Crippen LogP contribution in [0.1, 0.15) is 35.3 Å². The predicted octanol–water partition coefficient (Wildman–Crippen LogP) is 1.67. The van der Waals surface area contributed by atoms with Gasteiger partial charge in [-0.3, -0.25) is 9.69 Å². The minimum Gasteiger partial charge on any atom is -0.336 e. The van der Waals surface area contributed by atoms with Crippen molar-refractivity contribution in [3.8, 4) is 0 Å². The van der Waals surface area contributed by atoms with Gasteiger partial charge in [0.2, 0.25) is 10.0 Å². The van der Waals surface area contributed by atoms with Crippen molar-refractivity contribution in [1.29, 1.82) is 0 Å². The lowest BCUT2D eigenvalue weighted by Gasteiger charge is -2.37. The molecule has 33 heavy (non-hydrogen) atoms. The van der Waals surface area contributed by atoms with Crippen LogP contribution in [0.25, 0.3) is 0 Å². The van der Waals surface area contributed by atoms with E-state index in [1.54, 1.807) is 24.0 Å². The van der Waals surface area contributed by atoms with Crippen LogP contribution >= 0.6 is 0 Å². The van der Waals surface area contributed by atoms with Crippen LogP contribution < -0.4 is 4.72 Å². The highest BCUT2D eigenvalue weighted by Crippen LogP contribution is 2.21. The molecule has 0 saturated carbocycles. The number of nitrogens with zero attached hydrogens (tertiary/aromatic N) is 2. The Labute approximate surface area is 195 Å². The third kappa shape index (κ3) is 5.63. The number of sulfonamides is 1. The SMILES string of the molecule is CC(NS(=O)(=O)c1cccc(C(=O)N2CCN(C3CCS(=O)(=O)C3)CC2)c1)c1ccccc1. The number of benzene rings is 2. The molecule has 2 aromatic carbocycles. The second kappa shape index (κ2) is 9.54. The quantitative estimate of drug-likeness (QED) is 0.659. The summed E-state index contributed by atoms with van der Waals surface area (Å²) in [6, 6.07) is 15.0. The number of carbonyl (C=O) groups excluding carboxylic acids is 1. The first-order valence-electron chi connectivity index (χ1n) is 11.1. The number of hydrogen-bond donors (Lipinski definition) is 1. The molecule has 0 bridgehead atoms. The molecule has 2 aliphatic rings. The molecule has 2 saturated heterocycles. The Morgan fingerprint density at radius 2 is 1.73 bits per heavy atom. The van der Waals surface area contributed by atoms with E-state index in [4.69, 9.17) is 0 Å². The van der Waals surface area contributed by atoms with Crippen LogP contribution in [0, 0.1) is 0 Å². The number of nitrogens with one attached hydrogen (secondary N) is 1.